The number of carbonyl (C=O) groups excluding carboxylic acids is 4. The first-order valence-corrected chi connectivity index (χ1v) is 38.2. The van der Waals surface area contributed by atoms with E-state index in [1.165, 1.54) is 128 Å². The lowest BCUT2D eigenvalue weighted by atomic mass is 10.00. The molecule has 0 saturated heterocycles. The van der Waals surface area contributed by atoms with Gasteiger partial charge in [-0.2, -0.15) is 0 Å². The minimum Gasteiger partial charge on any atom is -0.462 e. The Morgan fingerprint density at radius 2 is 0.552 bits per heavy atom. The van der Waals surface area contributed by atoms with Gasteiger partial charge in [-0.25, -0.2) is 9.13 Å². The average Bonchev–Trinajstić information content (AvgIpc) is 3.57. The number of hydrogen-bond acceptors (Lipinski definition) is 15. The van der Waals surface area contributed by atoms with E-state index in [2.05, 4.69) is 55.4 Å². The quantitative estimate of drug-likeness (QED) is 0.0222. The number of phosphoric acid groups is 2. The normalized spacial score (nSPS) is 14.6. The molecule has 87 heavy (non-hydrogen) atoms. The largest absolute Gasteiger partial charge is 0.472 e. The van der Waals surface area contributed by atoms with Gasteiger partial charge in [0, 0.05) is 25.7 Å². The lowest BCUT2D eigenvalue weighted by Crippen LogP contribution is -2.30. The number of esters is 4. The molecule has 17 nitrogen and oxygen atoms in total. The van der Waals surface area contributed by atoms with Gasteiger partial charge in [0.1, 0.15) is 19.3 Å². The van der Waals surface area contributed by atoms with Crippen molar-refractivity contribution in [3.63, 3.8) is 0 Å². The summed E-state index contributed by atoms with van der Waals surface area (Å²) in [5, 5.41) is 10.6. The van der Waals surface area contributed by atoms with E-state index >= 15 is 0 Å². The van der Waals surface area contributed by atoms with Crippen LogP contribution in [0.15, 0.2) is 0 Å². The number of carbonyl (C=O) groups is 4. The van der Waals surface area contributed by atoms with Crippen molar-refractivity contribution in [3.05, 3.63) is 0 Å². The molecule has 0 aliphatic rings. The summed E-state index contributed by atoms with van der Waals surface area (Å²) in [6, 6.07) is 0. The van der Waals surface area contributed by atoms with Crippen LogP contribution in [0.4, 0.5) is 0 Å². The second-order valence-electron chi connectivity index (χ2n) is 26.2. The molecule has 3 unspecified atom stereocenters. The van der Waals surface area contributed by atoms with E-state index in [9.17, 15) is 43.2 Å². The zero-order valence-electron chi connectivity index (χ0n) is 56.6. The van der Waals surface area contributed by atoms with Crippen molar-refractivity contribution in [3.8, 4) is 0 Å². The Morgan fingerprint density at radius 3 is 0.816 bits per heavy atom. The van der Waals surface area contributed by atoms with Gasteiger partial charge in [-0.1, -0.05) is 280 Å². The number of unbranched alkanes of at least 4 members (excludes halogenated alkanes) is 30. The summed E-state index contributed by atoms with van der Waals surface area (Å²) in [6.45, 7) is 14.0. The van der Waals surface area contributed by atoms with Crippen LogP contribution in [0.3, 0.4) is 0 Å². The maximum atomic E-state index is 13.0. The van der Waals surface area contributed by atoms with Crippen LogP contribution in [0.2, 0.25) is 0 Å². The number of rotatable bonds is 65. The highest BCUT2D eigenvalue weighted by molar-refractivity contribution is 7.47. The highest BCUT2D eigenvalue weighted by Gasteiger charge is 2.30. The molecule has 0 saturated carbocycles. The molecule has 6 atom stereocenters. The average molecular weight is 1280 g/mol. The Labute approximate surface area is 530 Å². The monoisotopic (exact) mass is 1280 g/mol. The zero-order chi connectivity index (χ0) is 64.7. The van der Waals surface area contributed by atoms with E-state index in [0.717, 1.165) is 114 Å². The predicted octanol–water partition coefficient (Wildman–Crippen LogP) is 18.9. The summed E-state index contributed by atoms with van der Waals surface area (Å²) in [4.78, 5) is 72.4. The third-order valence-electron chi connectivity index (χ3n) is 15.9. The molecule has 0 bridgehead atoms. The third kappa shape index (κ3) is 61.3. The molecule has 0 fully saturated rings. The summed E-state index contributed by atoms with van der Waals surface area (Å²) in [6.07, 6.45) is 39.2. The van der Waals surface area contributed by atoms with Gasteiger partial charge in [-0.05, 0) is 49.4 Å². The van der Waals surface area contributed by atoms with Gasteiger partial charge in [0.25, 0.3) is 0 Å². The van der Waals surface area contributed by atoms with Crippen LogP contribution in [-0.4, -0.2) is 96.7 Å². The fourth-order valence-corrected chi connectivity index (χ4v) is 11.7. The summed E-state index contributed by atoms with van der Waals surface area (Å²) in [7, 11) is -9.90. The molecule has 0 amide bonds. The van der Waals surface area contributed by atoms with Crippen LogP contribution >= 0.6 is 15.6 Å². The Balaban J connectivity index is 5.20. The minimum atomic E-state index is -4.95. The molecule has 0 heterocycles. The van der Waals surface area contributed by atoms with Crippen LogP contribution in [0.1, 0.15) is 331 Å². The molecule has 0 aromatic rings. The number of ether oxygens (including phenoxy) is 4. The van der Waals surface area contributed by atoms with Gasteiger partial charge in [-0.15, -0.1) is 0 Å². The van der Waals surface area contributed by atoms with E-state index < -0.39 is 97.5 Å². The molecule has 0 spiro atoms. The maximum Gasteiger partial charge on any atom is 0.472 e. The fraction of sp³-hybridized carbons (Fsp3) is 0.941. The van der Waals surface area contributed by atoms with E-state index in [1.54, 1.807) is 0 Å². The zero-order valence-corrected chi connectivity index (χ0v) is 58.4. The molecule has 0 aromatic carbocycles. The van der Waals surface area contributed by atoms with Crippen LogP contribution in [0.25, 0.3) is 0 Å². The van der Waals surface area contributed by atoms with E-state index in [-0.39, 0.29) is 25.7 Å². The van der Waals surface area contributed by atoms with Gasteiger partial charge >= 0.3 is 39.5 Å². The van der Waals surface area contributed by atoms with Crippen molar-refractivity contribution in [2.45, 2.75) is 350 Å². The maximum absolute atomic E-state index is 13.0. The lowest BCUT2D eigenvalue weighted by molar-refractivity contribution is -0.161. The van der Waals surface area contributed by atoms with Crippen molar-refractivity contribution < 1.29 is 80.2 Å². The predicted molar refractivity (Wildman–Crippen MR) is 349 cm³/mol. The minimum absolute atomic E-state index is 0.102. The molecular weight excluding hydrogens is 1150 g/mol. The summed E-state index contributed by atoms with van der Waals surface area (Å²) < 4.78 is 68.1. The molecule has 516 valence electrons. The second kappa shape index (κ2) is 57.9. The second-order valence-corrected chi connectivity index (χ2v) is 29.1. The lowest BCUT2D eigenvalue weighted by Gasteiger charge is -2.21. The smallest absolute Gasteiger partial charge is 0.462 e. The van der Waals surface area contributed by atoms with Crippen LogP contribution in [-0.2, 0) is 65.4 Å². The van der Waals surface area contributed by atoms with E-state index in [4.69, 9.17) is 37.0 Å². The molecular formula is C68H132O17P2. The van der Waals surface area contributed by atoms with Crippen molar-refractivity contribution >= 4 is 39.5 Å². The third-order valence-corrected chi connectivity index (χ3v) is 17.8. The Kier molecular flexibility index (Phi) is 56.6. The van der Waals surface area contributed by atoms with Crippen molar-refractivity contribution in [2.75, 3.05) is 39.6 Å². The van der Waals surface area contributed by atoms with Crippen LogP contribution in [0, 0.1) is 23.7 Å². The number of aliphatic hydroxyl groups excluding tert-OH is 1. The first kappa shape index (κ1) is 85.1. The summed E-state index contributed by atoms with van der Waals surface area (Å²) >= 11 is 0. The first-order chi connectivity index (χ1) is 41.6. The molecule has 3 N–H and O–H groups in total. The summed E-state index contributed by atoms with van der Waals surface area (Å²) in [5.74, 6) is 0.779. The van der Waals surface area contributed by atoms with Crippen molar-refractivity contribution in [1.82, 2.24) is 0 Å². The Hall–Kier alpha value is -1.94. The van der Waals surface area contributed by atoms with Gasteiger partial charge in [-0.3, -0.25) is 37.3 Å². The van der Waals surface area contributed by atoms with Crippen molar-refractivity contribution in [2.24, 2.45) is 23.7 Å². The van der Waals surface area contributed by atoms with Crippen LogP contribution < -0.4 is 0 Å². The van der Waals surface area contributed by atoms with Gasteiger partial charge in [0.05, 0.1) is 26.4 Å². The topological polar surface area (TPSA) is 237 Å². The SMILES string of the molecule is CCC(C)CCCCCCCCC(=O)O[C@H](COC(=O)CCCCCCCCCCCCCCCCC(C)C)COP(=O)(O)OC[C@@H](O)COP(=O)(O)OC[C@@H](COC(=O)CCCCCCCCC(C)C)OC(=O)CCCCCCCCCCC(C)C. The molecule has 0 rings (SSSR count). The molecule has 0 aliphatic heterocycles. The molecule has 0 aromatic heterocycles. The van der Waals surface area contributed by atoms with Gasteiger partial charge in [0.2, 0.25) is 0 Å². The number of phosphoric ester groups is 2. The fourth-order valence-electron chi connectivity index (χ4n) is 10.1. The number of aliphatic hydroxyl groups is 1. The molecule has 0 radical (unpaired) electrons. The van der Waals surface area contributed by atoms with Crippen LogP contribution in [0.5, 0.6) is 0 Å². The highest BCUT2D eigenvalue weighted by atomic mass is 31.2. The molecule has 0 aliphatic carbocycles. The van der Waals surface area contributed by atoms with Gasteiger partial charge in [0.15, 0.2) is 12.2 Å². The standard InChI is InChI=1S/C68H132O17P2/c1-9-61(8)47-39-31-25-27-35-43-51-68(73)85-64(54-78-65(70)48-40-32-22-17-15-13-11-10-12-14-16-20-28-36-44-58(2)3)57-83-87(76,77)81-53-62(69)52-80-86(74,75)82-56-63(55-79-66(71)49-41-33-26-24-30-38-46-60(6)7)84-67(72)50-42-34-23-19-18-21-29-37-45-59(4)5/h58-64,69H,9-57H2,1-8H3,(H,74,75)(H,76,77)/t61?,62-,63+,64+/m0/s1. The molecule has 19 heteroatoms. The Bertz CT molecular complexity index is 1730. The van der Waals surface area contributed by atoms with E-state index in [1.807, 2.05) is 0 Å². The number of hydrogen-bond donors (Lipinski definition) is 3. The first-order valence-electron chi connectivity index (χ1n) is 35.2. The van der Waals surface area contributed by atoms with Gasteiger partial charge < -0.3 is 33.8 Å². The Morgan fingerprint density at radius 1 is 0.322 bits per heavy atom. The summed E-state index contributed by atoms with van der Waals surface area (Å²) in [5.41, 5.74) is 0. The van der Waals surface area contributed by atoms with Crippen molar-refractivity contribution in [1.29, 1.82) is 0 Å². The highest BCUT2D eigenvalue weighted by Crippen LogP contribution is 2.45. The van der Waals surface area contributed by atoms with E-state index in [0.29, 0.717) is 31.6 Å².